The largest absolute Gasteiger partial charge is 0.352 e. The number of hydrogen-bond donors (Lipinski definition) is 1. The highest BCUT2D eigenvalue weighted by atomic mass is 35.5. The molecule has 0 spiro atoms. The van der Waals surface area contributed by atoms with E-state index in [1.165, 1.54) is 11.0 Å². The second-order valence-electron chi connectivity index (χ2n) is 9.73. The minimum Gasteiger partial charge on any atom is -0.352 e. The first kappa shape index (κ1) is 30.2. The average molecular weight is 570 g/mol. The van der Waals surface area contributed by atoms with Crippen LogP contribution in [0.5, 0.6) is 0 Å². The maximum atomic E-state index is 14.1. The summed E-state index contributed by atoms with van der Waals surface area (Å²) in [5, 5.41) is 3.38. The van der Waals surface area contributed by atoms with Crippen LogP contribution in [0.4, 0.5) is 5.69 Å². The first-order valence-corrected chi connectivity index (χ1v) is 15.1. The Kier molecular flexibility index (Phi) is 10.5. The van der Waals surface area contributed by atoms with E-state index in [9.17, 15) is 18.0 Å². The van der Waals surface area contributed by atoms with E-state index in [-0.39, 0.29) is 24.9 Å². The van der Waals surface area contributed by atoms with Gasteiger partial charge in [0.2, 0.25) is 21.8 Å². The number of sulfonamides is 1. The van der Waals surface area contributed by atoms with E-state index in [2.05, 4.69) is 5.32 Å². The van der Waals surface area contributed by atoms with Crippen LogP contribution >= 0.6 is 11.6 Å². The van der Waals surface area contributed by atoms with Crippen LogP contribution in [-0.2, 0) is 32.6 Å². The molecule has 0 radical (unpaired) electrons. The van der Waals surface area contributed by atoms with E-state index in [4.69, 9.17) is 11.6 Å². The summed E-state index contributed by atoms with van der Waals surface area (Å²) in [6, 6.07) is 22.8. The van der Waals surface area contributed by atoms with Crippen LogP contribution in [-0.4, -0.2) is 50.0 Å². The van der Waals surface area contributed by atoms with Crippen molar-refractivity contribution in [3.05, 3.63) is 101 Å². The lowest BCUT2D eigenvalue weighted by Gasteiger charge is -2.34. The van der Waals surface area contributed by atoms with E-state index in [1.807, 2.05) is 74.5 Å². The number of aryl methyl sites for hydroxylation is 1. The van der Waals surface area contributed by atoms with Crippen LogP contribution in [0.25, 0.3) is 0 Å². The molecule has 3 rings (SSSR count). The Balaban J connectivity index is 2.06. The van der Waals surface area contributed by atoms with Crippen molar-refractivity contribution in [1.29, 1.82) is 0 Å². The number of carbonyl (C=O) groups is 2. The minimum atomic E-state index is -3.86. The molecule has 2 atom stereocenters. The third-order valence-corrected chi connectivity index (χ3v) is 7.95. The van der Waals surface area contributed by atoms with Crippen molar-refractivity contribution in [2.45, 2.75) is 52.2 Å². The van der Waals surface area contributed by atoms with E-state index in [0.717, 1.165) is 28.1 Å². The molecule has 0 saturated heterocycles. The molecule has 0 bridgehead atoms. The van der Waals surface area contributed by atoms with Gasteiger partial charge in [-0.05, 0) is 49.1 Å². The number of halogens is 1. The van der Waals surface area contributed by atoms with Gasteiger partial charge in [0.25, 0.3) is 0 Å². The molecule has 9 heteroatoms. The average Bonchev–Trinajstić information content (AvgIpc) is 2.91. The van der Waals surface area contributed by atoms with Gasteiger partial charge in [-0.1, -0.05) is 85.3 Å². The van der Waals surface area contributed by atoms with Crippen molar-refractivity contribution in [2.75, 3.05) is 17.1 Å². The van der Waals surface area contributed by atoms with Gasteiger partial charge in [0.1, 0.15) is 12.6 Å². The van der Waals surface area contributed by atoms with Gasteiger partial charge in [0, 0.05) is 24.0 Å². The standard InChI is InChI=1S/C30H36ClN3O4S/c1-5-23(3)32-30(36)28(18-24-12-8-6-9-13-24)33(20-25-14-10-7-11-15-25)29(35)21-34(39(4,37)38)27-19-26(31)17-16-22(27)2/h6-17,19,23,28H,5,18,20-21H2,1-4H3,(H,32,36)/t23-,28-/m1/s1. The van der Waals surface area contributed by atoms with Crippen molar-refractivity contribution >= 4 is 39.1 Å². The predicted molar refractivity (Wildman–Crippen MR) is 157 cm³/mol. The number of amides is 2. The molecule has 39 heavy (non-hydrogen) atoms. The molecule has 0 aliphatic carbocycles. The molecule has 0 fully saturated rings. The third-order valence-electron chi connectivity index (χ3n) is 6.59. The summed E-state index contributed by atoms with van der Waals surface area (Å²) in [7, 11) is -3.86. The number of hydrogen-bond acceptors (Lipinski definition) is 4. The molecule has 3 aromatic rings. The Bertz CT molecular complexity index is 1370. The van der Waals surface area contributed by atoms with E-state index in [1.54, 1.807) is 19.1 Å². The van der Waals surface area contributed by atoms with Crippen molar-refractivity contribution < 1.29 is 18.0 Å². The Hall–Kier alpha value is -3.36. The zero-order valence-corrected chi connectivity index (χ0v) is 24.4. The topological polar surface area (TPSA) is 86.8 Å². The Labute approximate surface area is 236 Å². The fraction of sp³-hybridized carbons (Fsp3) is 0.333. The van der Waals surface area contributed by atoms with Gasteiger partial charge in [0.15, 0.2) is 0 Å². The first-order valence-electron chi connectivity index (χ1n) is 12.9. The van der Waals surface area contributed by atoms with Crippen molar-refractivity contribution in [3.63, 3.8) is 0 Å². The van der Waals surface area contributed by atoms with Crippen LogP contribution in [0.1, 0.15) is 37.0 Å². The van der Waals surface area contributed by atoms with E-state index < -0.39 is 28.5 Å². The van der Waals surface area contributed by atoms with Gasteiger partial charge in [0.05, 0.1) is 11.9 Å². The Morgan fingerprint density at radius 2 is 1.54 bits per heavy atom. The summed E-state index contributed by atoms with van der Waals surface area (Å²) in [5.74, 6) is -0.786. The van der Waals surface area contributed by atoms with Gasteiger partial charge in [-0.15, -0.1) is 0 Å². The lowest BCUT2D eigenvalue weighted by molar-refractivity contribution is -0.140. The molecule has 0 aromatic heterocycles. The van der Waals surface area contributed by atoms with Gasteiger partial charge < -0.3 is 10.2 Å². The maximum Gasteiger partial charge on any atom is 0.244 e. The molecule has 3 aromatic carbocycles. The number of anilines is 1. The summed E-state index contributed by atoms with van der Waals surface area (Å²) < 4.78 is 26.9. The number of carbonyl (C=O) groups excluding carboxylic acids is 2. The van der Waals surface area contributed by atoms with E-state index >= 15 is 0 Å². The van der Waals surface area contributed by atoms with Gasteiger partial charge >= 0.3 is 0 Å². The highest BCUT2D eigenvalue weighted by Gasteiger charge is 2.33. The fourth-order valence-electron chi connectivity index (χ4n) is 4.22. The van der Waals surface area contributed by atoms with E-state index in [0.29, 0.717) is 16.3 Å². The van der Waals surface area contributed by atoms with Crippen molar-refractivity contribution in [1.82, 2.24) is 10.2 Å². The lowest BCUT2D eigenvalue weighted by Crippen LogP contribution is -2.54. The smallest absolute Gasteiger partial charge is 0.244 e. The van der Waals surface area contributed by atoms with Crippen molar-refractivity contribution in [2.24, 2.45) is 0 Å². The van der Waals surface area contributed by atoms with Crippen LogP contribution in [0.2, 0.25) is 5.02 Å². The van der Waals surface area contributed by atoms with Crippen LogP contribution in [0.3, 0.4) is 0 Å². The van der Waals surface area contributed by atoms with Gasteiger partial charge in [-0.25, -0.2) is 8.42 Å². The van der Waals surface area contributed by atoms with Crippen LogP contribution < -0.4 is 9.62 Å². The molecule has 208 valence electrons. The summed E-state index contributed by atoms with van der Waals surface area (Å²) in [5.41, 5.74) is 2.69. The predicted octanol–water partition coefficient (Wildman–Crippen LogP) is 4.97. The van der Waals surface area contributed by atoms with Gasteiger partial charge in [-0.2, -0.15) is 0 Å². The molecule has 1 N–H and O–H groups in total. The lowest BCUT2D eigenvalue weighted by atomic mass is 10.0. The molecule has 0 heterocycles. The number of rotatable bonds is 12. The zero-order chi connectivity index (χ0) is 28.6. The quantitative estimate of drug-likeness (QED) is 0.334. The first-order chi connectivity index (χ1) is 18.5. The molecule has 2 amide bonds. The molecule has 0 aliphatic rings. The molecular weight excluding hydrogens is 534 g/mol. The van der Waals surface area contributed by atoms with Gasteiger partial charge in [-0.3, -0.25) is 13.9 Å². The number of benzene rings is 3. The Morgan fingerprint density at radius 3 is 2.10 bits per heavy atom. The third kappa shape index (κ3) is 8.57. The second kappa shape index (κ2) is 13.6. The Morgan fingerprint density at radius 1 is 0.949 bits per heavy atom. The molecule has 0 saturated carbocycles. The second-order valence-corrected chi connectivity index (χ2v) is 12.1. The normalized spacial score (nSPS) is 12.8. The SMILES string of the molecule is CC[C@@H](C)NC(=O)[C@@H](Cc1ccccc1)N(Cc1ccccc1)C(=O)CN(c1cc(Cl)ccc1C)S(C)(=O)=O. The van der Waals surface area contributed by atoms with Crippen LogP contribution in [0, 0.1) is 6.92 Å². The maximum absolute atomic E-state index is 14.1. The summed E-state index contributed by atoms with van der Waals surface area (Å²) >= 11 is 6.19. The highest BCUT2D eigenvalue weighted by molar-refractivity contribution is 7.92. The summed E-state index contributed by atoms with van der Waals surface area (Å²) in [4.78, 5) is 29.2. The van der Waals surface area contributed by atoms with Crippen molar-refractivity contribution in [3.8, 4) is 0 Å². The number of nitrogens with zero attached hydrogens (tertiary/aromatic N) is 2. The van der Waals surface area contributed by atoms with Crippen LogP contribution in [0.15, 0.2) is 78.9 Å². The molecule has 0 aliphatic heterocycles. The fourth-order valence-corrected chi connectivity index (χ4v) is 5.29. The highest BCUT2D eigenvalue weighted by Crippen LogP contribution is 2.27. The molecule has 0 unspecified atom stereocenters. The minimum absolute atomic E-state index is 0.0916. The zero-order valence-electron chi connectivity index (χ0n) is 22.8. The number of nitrogens with one attached hydrogen (secondary N) is 1. The monoisotopic (exact) mass is 569 g/mol. The molecular formula is C30H36ClN3O4S. The summed E-state index contributed by atoms with van der Waals surface area (Å²) in [6.45, 7) is 5.30. The molecule has 7 nitrogen and oxygen atoms in total. The summed E-state index contributed by atoms with van der Waals surface area (Å²) in [6.07, 6.45) is 2.06.